The highest BCUT2D eigenvalue weighted by atomic mass is 15.2. The lowest BCUT2D eigenvalue weighted by atomic mass is 10.1. The minimum Gasteiger partial charge on any atom is -0.311 e. The maximum atomic E-state index is 3.49. The summed E-state index contributed by atoms with van der Waals surface area (Å²) in [6.07, 6.45) is 0. The molecule has 0 bridgehead atoms. The van der Waals surface area contributed by atoms with E-state index in [1.807, 2.05) is 0 Å². The van der Waals surface area contributed by atoms with E-state index in [9.17, 15) is 0 Å². The molecule has 0 amide bonds. The van der Waals surface area contributed by atoms with Crippen LogP contribution in [0.5, 0.6) is 0 Å². The van der Waals surface area contributed by atoms with Gasteiger partial charge >= 0.3 is 0 Å². The molecule has 2 rings (SSSR count). The van der Waals surface area contributed by atoms with Crippen molar-refractivity contribution in [1.82, 2.24) is 10.2 Å². The molecule has 2 nitrogen and oxygen atoms in total. The second-order valence-electron chi connectivity index (χ2n) is 4.51. The summed E-state index contributed by atoms with van der Waals surface area (Å²) in [6, 6.07) is 9.36. The van der Waals surface area contributed by atoms with E-state index in [2.05, 4.69) is 48.3 Å². The summed E-state index contributed by atoms with van der Waals surface area (Å²) in [5, 5.41) is 3.49. The molecule has 0 aromatic heterocycles. The zero-order valence-corrected chi connectivity index (χ0v) is 9.66. The van der Waals surface area contributed by atoms with Gasteiger partial charge in [-0.1, -0.05) is 24.3 Å². The number of fused-ring (bicyclic) bond motifs is 1. The predicted octanol–water partition coefficient (Wildman–Crippen LogP) is 2.00. The van der Waals surface area contributed by atoms with Crippen LogP contribution in [0.3, 0.4) is 0 Å². The Hall–Kier alpha value is -0.860. The van der Waals surface area contributed by atoms with Crippen LogP contribution in [-0.2, 0) is 13.1 Å². The largest absolute Gasteiger partial charge is 0.311 e. The van der Waals surface area contributed by atoms with Crippen molar-refractivity contribution in [3.8, 4) is 0 Å². The van der Waals surface area contributed by atoms with Crippen molar-refractivity contribution in [2.24, 2.45) is 0 Å². The van der Waals surface area contributed by atoms with Gasteiger partial charge in [0.05, 0.1) is 0 Å². The van der Waals surface area contributed by atoms with Crippen molar-refractivity contribution >= 4 is 0 Å². The highest BCUT2D eigenvalue weighted by Crippen LogP contribution is 2.14. The zero-order chi connectivity index (χ0) is 10.7. The number of nitrogens with zero attached hydrogens (tertiary/aromatic N) is 1. The molecule has 1 heterocycles. The molecule has 0 saturated heterocycles. The van der Waals surface area contributed by atoms with Crippen LogP contribution in [0.15, 0.2) is 24.3 Å². The molecule has 1 aromatic carbocycles. The Labute approximate surface area is 92.3 Å². The number of nitrogens with one attached hydrogen (secondary N) is 1. The summed E-state index contributed by atoms with van der Waals surface area (Å²) in [7, 11) is 0. The molecule has 0 saturated carbocycles. The Morgan fingerprint density at radius 2 is 1.93 bits per heavy atom. The van der Waals surface area contributed by atoms with Gasteiger partial charge in [0, 0.05) is 32.2 Å². The van der Waals surface area contributed by atoms with Gasteiger partial charge in [0.25, 0.3) is 0 Å². The molecule has 0 atom stereocenters. The van der Waals surface area contributed by atoms with Crippen LogP contribution in [0, 0.1) is 0 Å². The van der Waals surface area contributed by atoms with E-state index in [0.29, 0.717) is 6.04 Å². The Bertz CT molecular complexity index is 320. The molecule has 0 unspecified atom stereocenters. The number of benzene rings is 1. The molecular weight excluding hydrogens is 184 g/mol. The van der Waals surface area contributed by atoms with Crippen LogP contribution in [0.25, 0.3) is 0 Å². The predicted molar refractivity (Wildman–Crippen MR) is 63.7 cm³/mol. The number of hydrogen-bond donors (Lipinski definition) is 1. The smallest absolute Gasteiger partial charge is 0.0240 e. The second kappa shape index (κ2) is 4.77. The second-order valence-corrected chi connectivity index (χ2v) is 4.51. The lowest BCUT2D eigenvalue weighted by Crippen LogP contribution is -2.38. The molecule has 1 N–H and O–H groups in total. The first kappa shape index (κ1) is 10.7. The van der Waals surface area contributed by atoms with E-state index in [4.69, 9.17) is 0 Å². The summed E-state index contributed by atoms with van der Waals surface area (Å²) >= 11 is 0. The summed E-state index contributed by atoms with van der Waals surface area (Å²) in [5.74, 6) is 0. The lowest BCUT2D eigenvalue weighted by molar-refractivity contribution is 0.208. The van der Waals surface area contributed by atoms with E-state index in [-0.39, 0.29) is 0 Å². The van der Waals surface area contributed by atoms with Crippen molar-refractivity contribution in [2.45, 2.75) is 33.0 Å². The highest BCUT2D eigenvalue weighted by molar-refractivity contribution is 5.27. The molecule has 0 fully saturated rings. The first-order valence-electron chi connectivity index (χ1n) is 5.79. The standard InChI is InChI=1S/C13H20N2/c1-11(2)15-8-7-14-9-12-5-3-4-6-13(12)10-15/h3-6,11,14H,7-10H2,1-2H3. The van der Waals surface area contributed by atoms with Crippen LogP contribution in [0.1, 0.15) is 25.0 Å². The fourth-order valence-corrected chi connectivity index (χ4v) is 2.07. The molecule has 0 radical (unpaired) electrons. The van der Waals surface area contributed by atoms with Gasteiger partial charge in [0.1, 0.15) is 0 Å². The molecule has 1 aromatic rings. The number of rotatable bonds is 1. The summed E-state index contributed by atoms with van der Waals surface area (Å²) in [5.41, 5.74) is 2.92. The van der Waals surface area contributed by atoms with Gasteiger partial charge in [-0.25, -0.2) is 0 Å². The Kier molecular flexibility index (Phi) is 3.39. The third kappa shape index (κ3) is 2.58. The van der Waals surface area contributed by atoms with Gasteiger partial charge in [0.15, 0.2) is 0 Å². The van der Waals surface area contributed by atoms with Crippen molar-refractivity contribution in [3.05, 3.63) is 35.4 Å². The van der Waals surface area contributed by atoms with E-state index >= 15 is 0 Å². The quantitative estimate of drug-likeness (QED) is 0.752. The average Bonchev–Trinajstić information content (AvgIpc) is 2.18. The van der Waals surface area contributed by atoms with Crippen LogP contribution >= 0.6 is 0 Å². The number of hydrogen-bond acceptors (Lipinski definition) is 2. The Balaban J connectivity index is 2.21. The SMILES string of the molecule is CC(C)N1CCNCc2ccccc2C1. The molecular formula is C13H20N2. The Morgan fingerprint density at radius 1 is 1.20 bits per heavy atom. The van der Waals surface area contributed by atoms with Crippen molar-refractivity contribution in [1.29, 1.82) is 0 Å². The summed E-state index contributed by atoms with van der Waals surface area (Å²) < 4.78 is 0. The highest BCUT2D eigenvalue weighted by Gasteiger charge is 2.14. The Morgan fingerprint density at radius 3 is 2.67 bits per heavy atom. The van der Waals surface area contributed by atoms with Gasteiger partial charge in [0.2, 0.25) is 0 Å². The van der Waals surface area contributed by atoms with Crippen LogP contribution < -0.4 is 5.32 Å². The van der Waals surface area contributed by atoms with Crippen LogP contribution in [0.2, 0.25) is 0 Å². The molecule has 1 aliphatic heterocycles. The minimum absolute atomic E-state index is 0.623. The normalized spacial score (nSPS) is 18.3. The van der Waals surface area contributed by atoms with Crippen molar-refractivity contribution in [2.75, 3.05) is 13.1 Å². The van der Waals surface area contributed by atoms with Crippen LogP contribution in [-0.4, -0.2) is 24.0 Å². The van der Waals surface area contributed by atoms with Gasteiger partial charge < -0.3 is 5.32 Å². The molecule has 82 valence electrons. The fraction of sp³-hybridized carbons (Fsp3) is 0.538. The molecule has 0 spiro atoms. The molecule has 15 heavy (non-hydrogen) atoms. The molecule has 2 heteroatoms. The third-order valence-electron chi connectivity index (χ3n) is 3.11. The third-order valence-corrected chi connectivity index (χ3v) is 3.11. The van der Waals surface area contributed by atoms with Gasteiger partial charge in [-0.2, -0.15) is 0 Å². The first-order chi connectivity index (χ1) is 7.27. The summed E-state index contributed by atoms with van der Waals surface area (Å²) in [6.45, 7) is 8.88. The van der Waals surface area contributed by atoms with Crippen molar-refractivity contribution in [3.63, 3.8) is 0 Å². The summed E-state index contributed by atoms with van der Waals surface area (Å²) in [4.78, 5) is 2.52. The lowest BCUT2D eigenvalue weighted by Gasteiger charge is -2.29. The van der Waals surface area contributed by atoms with E-state index < -0.39 is 0 Å². The first-order valence-corrected chi connectivity index (χ1v) is 5.79. The maximum Gasteiger partial charge on any atom is 0.0240 e. The molecule has 1 aliphatic rings. The molecule has 0 aliphatic carbocycles. The van der Waals surface area contributed by atoms with Gasteiger partial charge in [-0.15, -0.1) is 0 Å². The monoisotopic (exact) mass is 204 g/mol. The van der Waals surface area contributed by atoms with Gasteiger partial charge in [-0.05, 0) is 25.0 Å². The fourth-order valence-electron chi connectivity index (χ4n) is 2.07. The maximum absolute atomic E-state index is 3.49. The van der Waals surface area contributed by atoms with Crippen LogP contribution in [0.4, 0.5) is 0 Å². The zero-order valence-electron chi connectivity index (χ0n) is 9.66. The van der Waals surface area contributed by atoms with Crippen molar-refractivity contribution < 1.29 is 0 Å². The van der Waals surface area contributed by atoms with E-state index in [1.165, 1.54) is 11.1 Å². The van der Waals surface area contributed by atoms with E-state index in [1.54, 1.807) is 0 Å². The average molecular weight is 204 g/mol. The van der Waals surface area contributed by atoms with E-state index in [0.717, 1.165) is 26.2 Å². The topological polar surface area (TPSA) is 15.3 Å². The van der Waals surface area contributed by atoms with Gasteiger partial charge in [-0.3, -0.25) is 4.90 Å². The minimum atomic E-state index is 0.623.